The van der Waals surface area contributed by atoms with Gasteiger partial charge in [0.25, 0.3) is 0 Å². The summed E-state index contributed by atoms with van der Waals surface area (Å²) in [6.07, 6.45) is 0.676. The SMILES string of the molecule is O=C(Cn1c(=O)n(-c2ccccc2)c(=O)c2oc3ccccc3c21)NCCc1ccccc1. The normalized spacial score (nSPS) is 11.2. The van der Waals surface area contributed by atoms with Crippen LogP contribution in [0.15, 0.2) is 98.9 Å². The second-order valence-electron chi connectivity index (χ2n) is 7.71. The summed E-state index contributed by atoms with van der Waals surface area (Å²) in [5.41, 5.74) is 1.21. The average molecular weight is 439 g/mol. The maximum Gasteiger partial charge on any atom is 0.336 e. The molecule has 0 bridgehead atoms. The molecule has 1 N–H and O–H groups in total. The number of para-hydroxylation sites is 2. The first-order chi connectivity index (χ1) is 16.1. The van der Waals surface area contributed by atoms with Crippen LogP contribution in [-0.4, -0.2) is 21.6 Å². The highest BCUT2D eigenvalue weighted by Gasteiger charge is 2.21. The highest BCUT2D eigenvalue weighted by molar-refractivity contribution is 6.02. The zero-order chi connectivity index (χ0) is 22.8. The molecule has 0 aliphatic heterocycles. The van der Waals surface area contributed by atoms with Crippen molar-refractivity contribution in [2.24, 2.45) is 0 Å². The lowest BCUT2D eigenvalue weighted by Gasteiger charge is -2.12. The summed E-state index contributed by atoms with van der Waals surface area (Å²) in [4.78, 5) is 39.5. The summed E-state index contributed by atoms with van der Waals surface area (Å²) in [5.74, 6) is -0.321. The maximum absolute atomic E-state index is 13.5. The van der Waals surface area contributed by atoms with Crippen LogP contribution in [0.1, 0.15) is 5.56 Å². The number of carbonyl (C=O) groups excluding carboxylic acids is 1. The Hall–Kier alpha value is -4.39. The van der Waals surface area contributed by atoms with Crippen molar-refractivity contribution in [2.45, 2.75) is 13.0 Å². The van der Waals surface area contributed by atoms with E-state index in [2.05, 4.69) is 5.32 Å². The first kappa shape index (κ1) is 20.5. The summed E-state index contributed by atoms with van der Waals surface area (Å²) in [7, 11) is 0. The van der Waals surface area contributed by atoms with Crippen molar-refractivity contribution in [2.75, 3.05) is 6.54 Å². The van der Waals surface area contributed by atoms with Gasteiger partial charge in [0.2, 0.25) is 11.5 Å². The van der Waals surface area contributed by atoms with Crippen LogP contribution in [0.2, 0.25) is 0 Å². The summed E-state index contributed by atoms with van der Waals surface area (Å²) >= 11 is 0. The number of nitrogens with zero attached hydrogens (tertiary/aromatic N) is 2. The molecule has 1 amide bonds. The van der Waals surface area contributed by atoms with Crippen LogP contribution in [0.5, 0.6) is 0 Å². The van der Waals surface area contributed by atoms with Gasteiger partial charge in [-0.05, 0) is 36.2 Å². The van der Waals surface area contributed by atoms with E-state index in [0.717, 1.165) is 10.1 Å². The molecular weight excluding hydrogens is 418 g/mol. The number of hydrogen-bond donors (Lipinski definition) is 1. The van der Waals surface area contributed by atoms with Crippen LogP contribution >= 0.6 is 0 Å². The lowest BCUT2D eigenvalue weighted by Crippen LogP contribution is -2.41. The largest absolute Gasteiger partial charge is 0.449 e. The van der Waals surface area contributed by atoms with Crippen molar-refractivity contribution >= 4 is 28.0 Å². The number of nitrogens with one attached hydrogen (secondary N) is 1. The molecule has 3 aromatic carbocycles. The molecule has 7 heteroatoms. The monoisotopic (exact) mass is 439 g/mol. The van der Waals surface area contributed by atoms with Gasteiger partial charge in [0.1, 0.15) is 17.6 Å². The van der Waals surface area contributed by atoms with Gasteiger partial charge in [-0.15, -0.1) is 0 Å². The molecule has 2 heterocycles. The standard InChI is InChI=1S/C26H21N3O4/c30-22(27-16-15-18-9-3-1-4-10-18)17-28-23-20-13-7-8-14-21(20)33-24(23)25(31)29(26(28)32)19-11-5-2-6-12-19/h1-14H,15-17H2,(H,27,30). The van der Waals surface area contributed by atoms with Crippen molar-refractivity contribution in [3.05, 3.63) is 111 Å². The zero-order valence-corrected chi connectivity index (χ0v) is 17.7. The second-order valence-corrected chi connectivity index (χ2v) is 7.71. The molecule has 0 aliphatic carbocycles. The fourth-order valence-electron chi connectivity index (χ4n) is 3.99. The van der Waals surface area contributed by atoms with Crippen LogP contribution in [0.25, 0.3) is 27.8 Å². The molecule has 5 rings (SSSR count). The van der Waals surface area contributed by atoms with Gasteiger partial charge in [-0.3, -0.25) is 14.2 Å². The molecule has 7 nitrogen and oxygen atoms in total. The van der Waals surface area contributed by atoms with Gasteiger partial charge in [-0.1, -0.05) is 60.7 Å². The van der Waals surface area contributed by atoms with Crippen molar-refractivity contribution in [1.82, 2.24) is 14.5 Å². The minimum atomic E-state index is -0.594. The molecule has 33 heavy (non-hydrogen) atoms. The Morgan fingerprint density at radius 1 is 0.848 bits per heavy atom. The van der Waals surface area contributed by atoms with Crippen molar-refractivity contribution in [3.8, 4) is 5.69 Å². The molecule has 0 saturated carbocycles. The van der Waals surface area contributed by atoms with Gasteiger partial charge in [0, 0.05) is 11.9 Å². The number of aromatic nitrogens is 2. The van der Waals surface area contributed by atoms with Gasteiger partial charge >= 0.3 is 11.2 Å². The minimum absolute atomic E-state index is 0.0386. The number of fused-ring (bicyclic) bond motifs is 3. The second kappa shape index (κ2) is 8.63. The van der Waals surface area contributed by atoms with E-state index in [-0.39, 0.29) is 18.0 Å². The molecule has 0 spiro atoms. The quantitative estimate of drug-likeness (QED) is 0.440. The lowest BCUT2D eigenvalue weighted by molar-refractivity contribution is -0.121. The summed E-state index contributed by atoms with van der Waals surface area (Å²) in [6, 6.07) is 25.5. The number of amides is 1. The van der Waals surface area contributed by atoms with Crippen molar-refractivity contribution in [3.63, 3.8) is 0 Å². The first-order valence-electron chi connectivity index (χ1n) is 10.7. The fourth-order valence-corrected chi connectivity index (χ4v) is 3.99. The van der Waals surface area contributed by atoms with Crippen LogP contribution in [0, 0.1) is 0 Å². The molecule has 0 fully saturated rings. The van der Waals surface area contributed by atoms with E-state index in [1.165, 1.54) is 4.57 Å². The maximum atomic E-state index is 13.5. The average Bonchev–Trinajstić information content (AvgIpc) is 3.23. The van der Waals surface area contributed by atoms with E-state index in [0.29, 0.717) is 35.1 Å². The van der Waals surface area contributed by atoms with Gasteiger partial charge in [-0.25, -0.2) is 9.36 Å². The Kier molecular flexibility index (Phi) is 5.36. The molecule has 2 aromatic heterocycles. The third kappa shape index (κ3) is 3.85. The minimum Gasteiger partial charge on any atom is -0.449 e. The van der Waals surface area contributed by atoms with Crippen LogP contribution in [-0.2, 0) is 17.8 Å². The molecule has 0 radical (unpaired) electrons. The fraction of sp³-hybridized carbons (Fsp3) is 0.115. The number of benzene rings is 3. The van der Waals surface area contributed by atoms with Gasteiger partial charge in [0.15, 0.2) is 0 Å². The summed E-state index contributed by atoms with van der Waals surface area (Å²) < 4.78 is 8.19. The van der Waals surface area contributed by atoms with E-state index < -0.39 is 11.2 Å². The number of hydrogen-bond acceptors (Lipinski definition) is 4. The van der Waals surface area contributed by atoms with Gasteiger partial charge in [0.05, 0.1) is 5.69 Å². The predicted octanol–water partition coefficient (Wildman–Crippen LogP) is 3.26. The van der Waals surface area contributed by atoms with Gasteiger partial charge in [-0.2, -0.15) is 0 Å². The highest BCUT2D eigenvalue weighted by atomic mass is 16.3. The predicted molar refractivity (Wildman–Crippen MR) is 127 cm³/mol. The third-order valence-electron chi connectivity index (χ3n) is 5.55. The molecule has 0 saturated heterocycles. The molecule has 0 atom stereocenters. The molecule has 0 aliphatic rings. The number of carbonyl (C=O) groups is 1. The Labute approximate surface area is 188 Å². The van der Waals surface area contributed by atoms with E-state index in [1.807, 2.05) is 30.3 Å². The smallest absolute Gasteiger partial charge is 0.336 e. The molecular formula is C26H21N3O4. The highest BCUT2D eigenvalue weighted by Crippen LogP contribution is 2.25. The van der Waals surface area contributed by atoms with E-state index >= 15 is 0 Å². The molecule has 5 aromatic rings. The van der Waals surface area contributed by atoms with E-state index in [4.69, 9.17) is 4.42 Å². The summed E-state index contributed by atoms with van der Waals surface area (Å²) in [5, 5.41) is 3.48. The number of furan rings is 1. The lowest BCUT2D eigenvalue weighted by atomic mass is 10.1. The van der Waals surface area contributed by atoms with Crippen LogP contribution < -0.4 is 16.6 Å². The topological polar surface area (TPSA) is 86.2 Å². The van der Waals surface area contributed by atoms with Crippen LogP contribution in [0.4, 0.5) is 0 Å². The zero-order valence-electron chi connectivity index (χ0n) is 17.7. The van der Waals surface area contributed by atoms with Crippen molar-refractivity contribution < 1.29 is 9.21 Å². The Morgan fingerprint density at radius 2 is 1.52 bits per heavy atom. The Balaban J connectivity index is 1.57. The molecule has 0 unspecified atom stereocenters. The van der Waals surface area contributed by atoms with Crippen molar-refractivity contribution in [1.29, 1.82) is 0 Å². The van der Waals surface area contributed by atoms with E-state index in [9.17, 15) is 14.4 Å². The first-order valence-corrected chi connectivity index (χ1v) is 10.7. The molecule has 164 valence electrons. The van der Waals surface area contributed by atoms with E-state index in [1.54, 1.807) is 54.6 Å². The summed E-state index contributed by atoms with van der Waals surface area (Å²) in [6.45, 7) is 0.200. The number of rotatable bonds is 6. The van der Waals surface area contributed by atoms with Crippen LogP contribution in [0.3, 0.4) is 0 Å². The third-order valence-corrected chi connectivity index (χ3v) is 5.55. The Bertz CT molecular complexity index is 1560. The Morgan fingerprint density at radius 3 is 2.27 bits per heavy atom. The van der Waals surface area contributed by atoms with Gasteiger partial charge < -0.3 is 9.73 Å².